The van der Waals surface area contributed by atoms with E-state index in [2.05, 4.69) is 105 Å². The number of ether oxygens (including phenoxy) is 1. The molecule has 2 rings (SSSR count). The number of allylic oxidation sites excluding steroid dienone is 1. The van der Waals surface area contributed by atoms with E-state index in [0.717, 1.165) is 49.4 Å². The number of carbonyl (C=O) groups excluding carboxylic acids is 2. The molecule has 56 heavy (non-hydrogen) atoms. The number of thioether (sulfide) groups is 1. The number of amides is 2. The highest BCUT2D eigenvalue weighted by Crippen LogP contribution is 2.23. The maximum atomic E-state index is 11.6. The molecule has 0 radical (unpaired) electrons. The number of hydrogen-bond acceptors (Lipinski definition) is 5. The van der Waals surface area contributed by atoms with Crippen molar-refractivity contribution in [3.8, 4) is 5.75 Å². The lowest BCUT2D eigenvalue weighted by atomic mass is 9.97. The third-order valence-electron chi connectivity index (χ3n) is 8.11. The zero-order valence-corrected chi connectivity index (χ0v) is 37.3. The van der Waals surface area contributed by atoms with Crippen molar-refractivity contribution >= 4 is 40.7 Å². The normalized spacial score (nSPS) is 12.5. The number of urea groups is 1. The lowest BCUT2D eigenvalue weighted by Gasteiger charge is -2.11. The number of nitrogens with zero attached hydrogens (tertiary/aromatic N) is 3. The van der Waals surface area contributed by atoms with Crippen LogP contribution in [0.5, 0.6) is 5.75 Å². The summed E-state index contributed by atoms with van der Waals surface area (Å²) in [5.74, 6) is 2.73. The van der Waals surface area contributed by atoms with E-state index in [4.69, 9.17) is 0 Å². The monoisotopic (exact) mass is 805 g/mol. The maximum Gasteiger partial charge on any atom is 0.573 e. The van der Waals surface area contributed by atoms with E-state index < -0.39 is 6.36 Å². The predicted octanol–water partition coefficient (Wildman–Crippen LogP) is 13.6. The van der Waals surface area contributed by atoms with Gasteiger partial charge in [-0.2, -0.15) is 4.99 Å². The minimum absolute atomic E-state index is 0.170. The summed E-state index contributed by atoms with van der Waals surface area (Å²) in [4.78, 5) is 34.8. The van der Waals surface area contributed by atoms with Crippen LogP contribution in [0.1, 0.15) is 142 Å². The average molecular weight is 805 g/mol. The first-order valence-corrected chi connectivity index (χ1v) is 20.9. The number of hydrogen-bond donors (Lipinski definition) is 1. The summed E-state index contributed by atoms with van der Waals surface area (Å²) >= 11 is 1.31. The zero-order chi connectivity index (χ0) is 43.1. The van der Waals surface area contributed by atoms with Gasteiger partial charge in [-0.25, -0.2) is 9.79 Å². The van der Waals surface area contributed by atoms with E-state index in [9.17, 15) is 22.8 Å². The molecular formula is C45H71F3N4O3S. The molecule has 0 aliphatic rings. The number of aliphatic imine (C=N–C) groups is 3. The summed E-state index contributed by atoms with van der Waals surface area (Å²) in [5.41, 5.74) is 6.44. The van der Waals surface area contributed by atoms with Crippen LogP contribution >= 0.6 is 11.8 Å². The Labute approximate surface area is 341 Å². The van der Waals surface area contributed by atoms with Gasteiger partial charge in [-0.1, -0.05) is 116 Å². The van der Waals surface area contributed by atoms with Crippen LogP contribution in [0.25, 0.3) is 0 Å². The van der Waals surface area contributed by atoms with Crippen LogP contribution in [0.15, 0.2) is 69.1 Å². The Morgan fingerprint density at radius 3 is 2.04 bits per heavy atom. The number of alkyl halides is 3. The first kappa shape index (κ1) is 54.4. The summed E-state index contributed by atoms with van der Waals surface area (Å²) in [6.07, 6.45) is 7.88. The molecule has 1 atom stereocenters. The molecule has 2 amide bonds. The Morgan fingerprint density at radius 1 is 0.929 bits per heavy atom. The van der Waals surface area contributed by atoms with E-state index in [1.807, 2.05) is 27.1 Å². The average Bonchev–Trinajstić information content (AvgIpc) is 3.14. The van der Waals surface area contributed by atoms with Crippen molar-refractivity contribution in [3.05, 3.63) is 76.4 Å². The molecule has 0 saturated carbocycles. The summed E-state index contributed by atoms with van der Waals surface area (Å²) < 4.78 is 38.5. The summed E-state index contributed by atoms with van der Waals surface area (Å²) in [6.45, 7) is 25.6. The standard InChI is InChI=1S/C16H30N2.C11H16.C10H18N2O2S.C8H7F3O/c1-6-9-13-18-16(17-5)15(10-7-2)12-11-14(4)8-3;1-8(2)11-6-5-9(3)7-10(11)4;1-4-6-11-10(14)12-8(3)15-7-9(13)5-2;1-6-2-4-7(5-3-6)12-8(9,10)11/h10,13-14H,6-9,11-12H2,1-5H3;5-8H,1-4H3;4-7H2,1-3H3,(H,11,14);2-5H,1H3/b15-10+,17-16?,18-13?;;12-8-;. The van der Waals surface area contributed by atoms with Crippen molar-refractivity contribution in [3.63, 3.8) is 0 Å². The molecule has 0 bridgehead atoms. The second kappa shape index (κ2) is 32.4. The fourth-order valence-electron chi connectivity index (χ4n) is 4.67. The fraction of sp³-hybridized carbons (Fsp3) is 0.578. The number of carbonyl (C=O) groups is 2. The molecule has 2 aromatic rings. The Balaban J connectivity index is 0. The minimum Gasteiger partial charge on any atom is -0.406 e. The third kappa shape index (κ3) is 29.5. The number of rotatable bonds is 15. The third-order valence-corrected chi connectivity index (χ3v) is 9.08. The molecule has 1 unspecified atom stereocenters. The lowest BCUT2D eigenvalue weighted by Crippen LogP contribution is -2.21. The maximum absolute atomic E-state index is 11.6. The molecule has 1 N–H and O–H groups in total. The van der Waals surface area contributed by atoms with Crippen molar-refractivity contribution in [2.75, 3.05) is 19.3 Å². The number of nitrogens with one attached hydrogen (secondary N) is 1. The highest BCUT2D eigenvalue weighted by Gasteiger charge is 2.30. The smallest absolute Gasteiger partial charge is 0.406 e. The Kier molecular flexibility index (Phi) is 31.4. The van der Waals surface area contributed by atoms with Gasteiger partial charge in [0.05, 0.1) is 10.8 Å². The van der Waals surface area contributed by atoms with Gasteiger partial charge in [0.1, 0.15) is 17.4 Å². The molecule has 7 nitrogen and oxygen atoms in total. The van der Waals surface area contributed by atoms with Crippen LogP contribution in [-0.2, 0) is 4.79 Å². The second-order valence-electron chi connectivity index (χ2n) is 13.8. The molecule has 11 heteroatoms. The van der Waals surface area contributed by atoms with E-state index >= 15 is 0 Å². The molecule has 0 fully saturated rings. The number of ketones is 1. The minimum atomic E-state index is -4.60. The van der Waals surface area contributed by atoms with Gasteiger partial charge >= 0.3 is 12.4 Å². The van der Waals surface area contributed by atoms with Crippen LogP contribution in [0.4, 0.5) is 18.0 Å². The van der Waals surface area contributed by atoms with E-state index in [1.165, 1.54) is 59.0 Å². The highest BCUT2D eigenvalue weighted by atomic mass is 32.2. The molecular weight excluding hydrogens is 734 g/mol. The topological polar surface area (TPSA) is 92.5 Å². The van der Waals surface area contributed by atoms with Crippen molar-refractivity contribution in [1.82, 2.24) is 5.32 Å². The molecule has 2 aromatic carbocycles. The van der Waals surface area contributed by atoms with Crippen molar-refractivity contribution < 1.29 is 27.5 Å². The van der Waals surface area contributed by atoms with Crippen LogP contribution in [0, 0.1) is 26.7 Å². The zero-order valence-electron chi connectivity index (χ0n) is 36.5. The van der Waals surface area contributed by atoms with Gasteiger partial charge in [-0.3, -0.25) is 9.79 Å². The Hall–Kier alpha value is -3.73. The highest BCUT2D eigenvalue weighted by molar-refractivity contribution is 8.14. The molecule has 0 saturated heterocycles. The number of benzene rings is 2. The molecule has 0 spiro atoms. The second-order valence-corrected chi connectivity index (χ2v) is 14.9. The van der Waals surface area contributed by atoms with Gasteiger partial charge in [0.25, 0.3) is 0 Å². The Bertz CT molecular complexity index is 1500. The van der Waals surface area contributed by atoms with Gasteiger partial charge in [-0.15, -0.1) is 24.9 Å². The van der Waals surface area contributed by atoms with Gasteiger partial charge in [0, 0.05) is 26.2 Å². The van der Waals surface area contributed by atoms with Crippen molar-refractivity contribution in [2.45, 2.75) is 147 Å². The molecule has 0 aromatic heterocycles. The number of aryl methyl sites for hydroxylation is 3. The van der Waals surface area contributed by atoms with Crippen molar-refractivity contribution in [2.24, 2.45) is 20.9 Å². The first-order valence-electron chi connectivity index (χ1n) is 19.9. The number of halogens is 3. The van der Waals surface area contributed by atoms with Gasteiger partial charge in [0.15, 0.2) is 0 Å². The van der Waals surface area contributed by atoms with Crippen molar-refractivity contribution in [1.29, 1.82) is 0 Å². The van der Waals surface area contributed by atoms with Crippen LogP contribution in [0.3, 0.4) is 0 Å². The van der Waals surface area contributed by atoms with Crippen LogP contribution in [-0.4, -0.2) is 54.6 Å². The number of unbranched alkanes of at least 4 members (excludes halogenated alkanes) is 1. The summed E-state index contributed by atoms with van der Waals surface area (Å²) in [6, 6.07) is 12.0. The van der Waals surface area contributed by atoms with Gasteiger partial charge in [-0.05, 0) is 100 Å². The molecule has 0 heterocycles. The van der Waals surface area contributed by atoms with Crippen LogP contribution in [0.2, 0.25) is 0 Å². The molecule has 0 aliphatic carbocycles. The van der Waals surface area contributed by atoms with Gasteiger partial charge < -0.3 is 10.1 Å². The number of amidine groups is 1. The predicted molar refractivity (Wildman–Crippen MR) is 236 cm³/mol. The summed E-state index contributed by atoms with van der Waals surface area (Å²) in [7, 11) is 1.84. The molecule has 316 valence electrons. The summed E-state index contributed by atoms with van der Waals surface area (Å²) in [5, 5.41) is 3.27. The van der Waals surface area contributed by atoms with Crippen LogP contribution < -0.4 is 10.1 Å². The Morgan fingerprint density at radius 2 is 1.55 bits per heavy atom. The first-order chi connectivity index (χ1) is 26.4. The van der Waals surface area contributed by atoms with Gasteiger partial charge in [0.2, 0.25) is 0 Å². The van der Waals surface area contributed by atoms with E-state index in [0.29, 0.717) is 29.7 Å². The quantitative estimate of drug-likeness (QED) is 0.143. The SMILES string of the molecule is CC/C=C(\CCC(C)CC)C(N=CCCC)=NC.CCCNC(=O)/N=C(/C)SCC(=O)CC.Cc1ccc(C(C)C)c(C)c1.Cc1ccc(OC(F)(F)F)cc1. The van der Waals surface area contributed by atoms with E-state index in [-0.39, 0.29) is 17.6 Å². The van der Waals surface area contributed by atoms with E-state index in [1.54, 1.807) is 26.0 Å². The fourth-order valence-corrected chi connectivity index (χ4v) is 5.39. The molecule has 0 aliphatic heterocycles. The number of Topliss-reactive ketones (excluding diaryl/α,β-unsaturated/α-hetero) is 1. The largest absolute Gasteiger partial charge is 0.573 e. The lowest BCUT2D eigenvalue weighted by molar-refractivity contribution is -0.274.